The molecule has 2 unspecified atom stereocenters. The molecule has 0 radical (unpaired) electrons. The Hall–Kier alpha value is -2.64. The average molecular weight is 413 g/mol. The lowest BCUT2D eigenvalue weighted by Crippen LogP contribution is -2.50. The number of nitrogens with zero attached hydrogens (tertiary/aromatic N) is 2. The number of rotatable bonds is 5. The van der Waals surface area contributed by atoms with Crippen LogP contribution in [-0.2, 0) is 16.0 Å². The summed E-state index contributed by atoms with van der Waals surface area (Å²) in [5.41, 5.74) is 4.07. The van der Waals surface area contributed by atoms with E-state index in [-0.39, 0.29) is 17.8 Å². The largest absolute Gasteiger partial charge is 0.377 e. The van der Waals surface area contributed by atoms with E-state index >= 15 is 0 Å². The number of hydrogen-bond donors (Lipinski definition) is 2. The molecule has 0 saturated carbocycles. The van der Waals surface area contributed by atoms with Crippen molar-refractivity contribution in [2.24, 2.45) is 0 Å². The first kappa shape index (κ1) is 20.6. The van der Waals surface area contributed by atoms with E-state index in [1.165, 1.54) is 6.07 Å². The zero-order valence-corrected chi connectivity index (χ0v) is 17.7. The van der Waals surface area contributed by atoms with E-state index in [0.717, 1.165) is 35.7 Å². The number of carbonyl (C=O) groups is 1. The molecule has 1 fully saturated rings. The normalized spacial score (nSPS) is 20.8. The summed E-state index contributed by atoms with van der Waals surface area (Å²) in [7, 11) is 4.11. The lowest BCUT2D eigenvalue weighted by atomic mass is 10.1. The summed E-state index contributed by atoms with van der Waals surface area (Å²) < 4.78 is 19.8. The fourth-order valence-corrected chi connectivity index (χ4v) is 4.29. The maximum absolute atomic E-state index is 14.1. The van der Waals surface area contributed by atoms with Gasteiger partial charge in [-0.3, -0.25) is 4.79 Å². The Labute approximate surface area is 177 Å². The molecule has 2 aliphatic rings. The maximum Gasteiger partial charge on any atom is 0.247 e. The summed E-state index contributed by atoms with van der Waals surface area (Å²) in [5.74, 6) is -0.423. The Kier molecular flexibility index (Phi) is 5.92. The molecule has 4 rings (SSSR count). The molecule has 2 N–H and O–H groups in total. The smallest absolute Gasteiger partial charge is 0.247 e. The van der Waals surface area contributed by atoms with Gasteiger partial charge in [-0.15, -0.1) is 0 Å². The molecule has 6 nitrogen and oxygen atoms in total. The standard InChI is InChI=1S/C23H29FN4O2/c1-15-7-8-20(24)19-12-21(26-22(15)19)23(29)25-16-5-4-6-17(11-16)28-9-10-30-14-18(28)13-27(2)3/h4-8,11,18,21,26H,9-10,12-14H2,1-3H3,(H,25,29). The molecule has 0 spiro atoms. The van der Waals surface area contributed by atoms with Crippen LogP contribution in [0.4, 0.5) is 21.5 Å². The molecule has 2 aromatic rings. The summed E-state index contributed by atoms with van der Waals surface area (Å²) in [4.78, 5) is 17.4. The lowest BCUT2D eigenvalue weighted by Gasteiger charge is -2.38. The quantitative estimate of drug-likeness (QED) is 0.791. The number of ether oxygens (including phenoxy) is 1. The third-order valence-corrected chi connectivity index (χ3v) is 5.76. The van der Waals surface area contributed by atoms with Crippen molar-refractivity contribution in [2.75, 3.05) is 55.9 Å². The molecule has 2 aromatic carbocycles. The van der Waals surface area contributed by atoms with Gasteiger partial charge in [-0.2, -0.15) is 0 Å². The minimum Gasteiger partial charge on any atom is -0.377 e. The molecule has 160 valence electrons. The Balaban J connectivity index is 1.46. The summed E-state index contributed by atoms with van der Waals surface area (Å²) in [6, 6.07) is 10.9. The molecule has 0 aliphatic carbocycles. The minimum absolute atomic E-state index is 0.158. The molecule has 1 saturated heterocycles. The van der Waals surface area contributed by atoms with Gasteiger partial charge >= 0.3 is 0 Å². The number of anilines is 3. The fraction of sp³-hybridized carbons (Fsp3) is 0.435. The number of likely N-dealkylation sites (N-methyl/N-ethyl adjacent to an activating group) is 1. The van der Waals surface area contributed by atoms with Crippen LogP contribution in [0.25, 0.3) is 0 Å². The van der Waals surface area contributed by atoms with Crippen molar-refractivity contribution in [1.29, 1.82) is 0 Å². The number of carbonyl (C=O) groups excluding carboxylic acids is 1. The Bertz CT molecular complexity index is 902. The van der Waals surface area contributed by atoms with Crippen molar-refractivity contribution >= 4 is 23.0 Å². The number of nitrogens with one attached hydrogen (secondary N) is 2. The Morgan fingerprint density at radius 1 is 1.33 bits per heavy atom. The molecule has 2 atom stereocenters. The molecular formula is C23H29FN4O2. The van der Waals surface area contributed by atoms with Crippen molar-refractivity contribution < 1.29 is 13.9 Å². The highest BCUT2D eigenvalue weighted by molar-refractivity contribution is 5.98. The van der Waals surface area contributed by atoms with Crippen molar-refractivity contribution in [1.82, 2.24) is 4.90 Å². The third kappa shape index (κ3) is 4.27. The molecule has 2 heterocycles. The average Bonchev–Trinajstić information content (AvgIpc) is 3.18. The second-order valence-corrected chi connectivity index (χ2v) is 8.34. The van der Waals surface area contributed by atoms with Crippen LogP contribution in [0.3, 0.4) is 0 Å². The van der Waals surface area contributed by atoms with Crippen LogP contribution >= 0.6 is 0 Å². The molecule has 0 bridgehead atoms. The predicted octanol–water partition coefficient (Wildman–Crippen LogP) is 2.88. The number of hydrogen-bond acceptors (Lipinski definition) is 5. The number of fused-ring (bicyclic) bond motifs is 1. The van der Waals surface area contributed by atoms with E-state index in [2.05, 4.69) is 40.6 Å². The number of halogens is 1. The second kappa shape index (κ2) is 8.62. The van der Waals surface area contributed by atoms with Gasteiger partial charge < -0.3 is 25.2 Å². The van der Waals surface area contributed by atoms with E-state index in [9.17, 15) is 9.18 Å². The van der Waals surface area contributed by atoms with Crippen LogP contribution < -0.4 is 15.5 Å². The van der Waals surface area contributed by atoms with Gasteiger partial charge in [0.15, 0.2) is 0 Å². The van der Waals surface area contributed by atoms with Crippen LogP contribution in [0, 0.1) is 12.7 Å². The van der Waals surface area contributed by atoms with Crippen LogP contribution in [0.15, 0.2) is 36.4 Å². The Morgan fingerprint density at radius 3 is 2.93 bits per heavy atom. The van der Waals surface area contributed by atoms with E-state index in [1.807, 2.05) is 25.1 Å². The van der Waals surface area contributed by atoms with Gasteiger partial charge in [-0.25, -0.2) is 4.39 Å². The first-order valence-corrected chi connectivity index (χ1v) is 10.4. The number of morpholine rings is 1. The predicted molar refractivity (Wildman–Crippen MR) is 118 cm³/mol. The van der Waals surface area contributed by atoms with Crippen LogP contribution in [0.1, 0.15) is 11.1 Å². The van der Waals surface area contributed by atoms with E-state index in [4.69, 9.17) is 4.74 Å². The van der Waals surface area contributed by atoms with E-state index in [0.29, 0.717) is 25.2 Å². The highest BCUT2D eigenvalue weighted by Gasteiger charge is 2.30. The highest BCUT2D eigenvalue weighted by Crippen LogP contribution is 2.32. The van der Waals surface area contributed by atoms with E-state index in [1.54, 1.807) is 6.07 Å². The number of benzene rings is 2. The maximum atomic E-state index is 14.1. The van der Waals surface area contributed by atoms with Crippen molar-refractivity contribution in [3.8, 4) is 0 Å². The molecular weight excluding hydrogens is 383 g/mol. The first-order chi connectivity index (χ1) is 14.4. The van der Waals surface area contributed by atoms with Crippen LogP contribution in [0.5, 0.6) is 0 Å². The van der Waals surface area contributed by atoms with Crippen molar-refractivity contribution in [3.05, 3.63) is 53.3 Å². The molecule has 1 amide bonds. The zero-order valence-electron chi connectivity index (χ0n) is 17.7. The Morgan fingerprint density at radius 2 is 2.17 bits per heavy atom. The summed E-state index contributed by atoms with van der Waals surface area (Å²) in [6.07, 6.45) is 0.350. The van der Waals surface area contributed by atoms with Crippen molar-refractivity contribution in [2.45, 2.75) is 25.4 Å². The minimum atomic E-state index is -0.482. The van der Waals surface area contributed by atoms with Gasteiger partial charge in [0.25, 0.3) is 0 Å². The molecule has 2 aliphatic heterocycles. The number of aryl methyl sites for hydroxylation is 1. The van der Waals surface area contributed by atoms with E-state index < -0.39 is 6.04 Å². The zero-order chi connectivity index (χ0) is 21.3. The summed E-state index contributed by atoms with van der Waals surface area (Å²) in [5, 5.41) is 6.19. The van der Waals surface area contributed by atoms with Gasteiger partial charge in [0, 0.05) is 42.1 Å². The van der Waals surface area contributed by atoms with Gasteiger partial charge in [0.05, 0.1) is 19.3 Å². The summed E-state index contributed by atoms with van der Waals surface area (Å²) in [6.45, 7) is 5.00. The van der Waals surface area contributed by atoms with Gasteiger partial charge in [-0.1, -0.05) is 12.1 Å². The molecule has 0 aromatic heterocycles. The SMILES string of the molecule is Cc1ccc(F)c2c1NC(C(=O)Nc1cccc(N3CCOCC3CN(C)C)c1)C2. The van der Waals surface area contributed by atoms with Crippen LogP contribution in [0.2, 0.25) is 0 Å². The topological polar surface area (TPSA) is 56.8 Å². The van der Waals surface area contributed by atoms with Crippen LogP contribution in [-0.4, -0.2) is 63.3 Å². The second-order valence-electron chi connectivity index (χ2n) is 8.34. The monoisotopic (exact) mass is 412 g/mol. The lowest BCUT2D eigenvalue weighted by molar-refractivity contribution is -0.116. The van der Waals surface area contributed by atoms with Gasteiger partial charge in [0.1, 0.15) is 11.9 Å². The fourth-order valence-electron chi connectivity index (χ4n) is 4.29. The molecule has 30 heavy (non-hydrogen) atoms. The van der Waals surface area contributed by atoms with Crippen molar-refractivity contribution in [3.63, 3.8) is 0 Å². The third-order valence-electron chi connectivity index (χ3n) is 5.76. The molecule has 7 heteroatoms. The van der Waals surface area contributed by atoms with Gasteiger partial charge in [-0.05, 0) is 50.8 Å². The summed E-state index contributed by atoms with van der Waals surface area (Å²) >= 11 is 0. The highest BCUT2D eigenvalue weighted by atomic mass is 19.1. The first-order valence-electron chi connectivity index (χ1n) is 10.4. The van der Waals surface area contributed by atoms with Gasteiger partial charge in [0.2, 0.25) is 5.91 Å². The number of amides is 1.